The van der Waals surface area contributed by atoms with Crippen molar-refractivity contribution in [2.75, 3.05) is 0 Å². The first-order valence-electron chi connectivity index (χ1n) is 19.8. The SMILES string of the molecule is CCCCCCCCCCCC(=O)O[C@H]1CC[C@@]2(C)[C@@H](CC[C@@H]3[C@@H]2CC[C@]2(C)[C@@H]([C@H](C)/C=C(\C)[C@H](C)C(C)C)CC[C@@H]32)[C@@H]1C. The Morgan fingerprint density at radius 2 is 1.36 bits per heavy atom. The van der Waals surface area contributed by atoms with Crippen LogP contribution in [0.3, 0.4) is 0 Å². The fraction of sp³-hybridized carbons (Fsp3) is 0.929. The summed E-state index contributed by atoms with van der Waals surface area (Å²) in [7, 11) is 0. The van der Waals surface area contributed by atoms with E-state index >= 15 is 0 Å². The smallest absolute Gasteiger partial charge is 0.306 e. The van der Waals surface area contributed by atoms with Crippen molar-refractivity contribution in [1.82, 2.24) is 0 Å². The lowest BCUT2D eigenvalue weighted by molar-refractivity contribution is -0.175. The molecule has 0 radical (unpaired) electrons. The highest BCUT2D eigenvalue weighted by Crippen LogP contribution is 2.69. The van der Waals surface area contributed by atoms with E-state index < -0.39 is 0 Å². The summed E-state index contributed by atoms with van der Waals surface area (Å²) in [5.41, 5.74) is 2.55. The molecular weight excluding hydrogens is 536 g/mol. The lowest BCUT2D eigenvalue weighted by atomic mass is 9.43. The third-order valence-corrected chi connectivity index (χ3v) is 14.9. The van der Waals surface area contributed by atoms with Gasteiger partial charge in [-0.05, 0) is 129 Å². The number of rotatable bonds is 15. The van der Waals surface area contributed by atoms with Gasteiger partial charge in [0.2, 0.25) is 0 Å². The van der Waals surface area contributed by atoms with Gasteiger partial charge in [-0.15, -0.1) is 0 Å². The average Bonchev–Trinajstić information content (AvgIpc) is 3.34. The molecule has 2 nitrogen and oxygen atoms in total. The van der Waals surface area contributed by atoms with Crippen molar-refractivity contribution in [3.63, 3.8) is 0 Å². The average molecular weight is 611 g/mol. The normalized spacial score (nSPS) is 38.5. The second-order valence-electron chi connectivity index (χ2n) is 17.6. The maximum Gasteiger partial charge on any atom is 0.306 e. The van der Waals surface area contributed by atoms with E-state index in [4.69, 9.17) is 4.74 Å². The van der Waals surface area contributed by atoms with Crippen LogP contribution in [0, 0.1) is 64.1 Å². The Hall–Kier alpha value is -0.790. The van der Waals surface area contributed by atoms with Crippen molar-refractivity contribution in [3.8, 4) is 0 Å². The third kappa shape index (κ3) is 7.84. The molecule has 254 valence electrons. The van der Waals surface area contributed by atoms with Crippen LogP contribution in [0.15, 0.2) is 11.6 Å². The largest absolute Gasteiger partial charge is 0.462 e. The standard InChI is InChI=1S/C42H74O2/c1-10-11-12-13-14-15-16-17-18-19-40(43)44-39-25-27-42(9)36(33(39)7)21-20-34-37-23-22-35(41(37,8)26-24-38(34)42)31(5)28-30(4)32(6)29(2)3/h28-29,31-39H,10-27H2,1-9H3/b30-28+/t31-,32-,33+,34+,35-,36+,37+,38+,39+,41-,42+/m1/s1. The van der Waals surface area contributed by atoms with Gasteiger partial charge in [-0.1, -0.05) is 118 Å². The van der Waals surface area contributed by atoms with Crippen LogP contribution in [-0.2, 0) is 9.53 Å². The van der Waals surface area contributed by atoms with Gasteiger partial charge in [0.15, 0.2) is 0 Å². The highest BCUT2D eigenvalue weighted by atomic mass is 16.5. The fourth-order valence-corrected chi connectivity index (χ4v) is 11.8. The molecule has 44 heavy (non-hydrogen) atoms. The number of ether oxygens (including phenoxy) is 1. The molecule has 2 heteroatoms. The Kier molecular flexibility index (Phi) is 13.0. The molecule has 0 aliphatic heterocycles. The Morgan fingerprint density at radius 1 is 0.773 bits per heavy atom. The molecule has 0 aromatic heterocycles. The van der Waals surface area contributed by atoms with Crippen LogP contribution in [-0.4, -0.2) is 12.1 Å². The summed E-state index contributed by atoms with van der Waals surface area (Å²) in [5.74, 6) is 6.91. The second kappa shape index (κ2) is 15.9. The van der Waals surface area contributed by atoms with Crippen LogP contribution in [0.5, 0.6) is 0 Å². The van der Waals surface area contributed by atoms with E-state index in [0.717, 1.165) is 42.4 Å². The molecule has 0 aromatic carbocycles. The molecule has 0 spiro atoms. The molecule has 4 aliphatic rings. The maximum atomic E-state index is 12.9. The van der Waals surface area contributed by atoms with Gasteiger partial charge in [0.05, 0.1) is 0 Å². The minimum atomic E-state index is 0.0775. The van der Waals surface area contributed by atoms with Crippen molar-refractivity contribution in [3.05, 3.63) is 11.6 Å². The number of unbranched alkanes of at least 4 members (excludes halogenated alkanes) is 8. The van der Waals surface area contributed by atoms with E-state index in [-0.39, 0.29) is 12.1 Å². The number of hydrogen-bond acceptors (Lipinski definition) is 2. The minimum Gasteiger partial charge on any atom is -0.462 e. The number of carbonyl (C=O) groups excluding carboxylic acids is 1. The minimum absolute atomic E-state index is 0.0775. The molecule has 4 rings (SSSR count). The molecule has 0 aromatic rings. The van der Waals surface area contributed by atoms with Crippen molar-refractivity contribution >= 4 is 5.97 Å². The zero-order valence-electron chi connectivity index (χ0n) is 30.9. The molecule has 4 saturated carbocycles. The molecule has 0 bridgehead atoms. The van der Waals surface area contributed by atoms with E-state index in [1.54, 1.807) is 5.57 Å². The van der Waals surface area contributed by atoms with Crippen LogP contribution < -0.4 is 0 Å². The number of allylic oxidation sites excluding steroid dienone is 2. The topological polar surface area (TPSA) is 26.3 Å². The van der Waals surface area contributed by atoms with E-state index in [1.165, 1.54) is 96.3 Å². The zero-order valence-corrected chi connectivity index (χ0v) is 30.9. The Balaban J connectivity index is 1.28. The zero-order chi connectivity index (χ0) is 32.1. The molecule has 0 amide bonds. The molecular formula is C42H74O2. The summed E-state index contributed by atoms with van der Waals surface area (Å²) in [6.45, 7) is 22.2. The first-order chi connectivity index (χ1) is 20.9. The lowest BCUT2D eigenvalue weighted by Gasteiger charge is -2.62. The highest BCUT2D eigenvalue weighted by Gasteiger charge is 2.61. The summed E-state index contributed by atoms with van der Waals surface area (Å²) in [6, 6.07) is 0. The van der Waals surface area contributed by atoms with Crippen molar-refractivity contribution in [2.24, 2.45) is 64.1 Å². The summed E-state index contributed by atoms with van der Waals surface area (Å²) >= 11 is 0. The molecule has 0 N–H and O–H groups in total. The molecule has 0 unspecified atom stereocenters. The van der Waals surface area contributed by atoms with Crippen molar-refractivity contribution in [1.29, 1.82) is 0 Å². The van der Waals surface area contributed by atoms with Crippen LogP contribution in [0.2, 0.25) is 0 Å². The monoisotopic (exact) mass is 611 g/mol. The number of fused-ring (bicyclic) bond motifs is 5. The third-order valence-electron chi connectivity index (χ3n) is 14.9. The van der Waals surface area contributed by atoms with Gasteiger partial charge in [0, 0.05) is 6.42 Å². The molecule has 0 heterocycles. The molecule has 4 aliphatic carbocycles. The predicted molar refractivity (Wildman–Crippen MR) is 188 cm³/mol. The highest BCUT2D eigenvalue weighted by molar-refractivity contribution is 5.69. The molecule has 0 saturated heterocycles. The van der Waals surface area contributed by atoms with Gasteiger partial charge in [0.25, 0.3) is 0 Å². The van der Waals surface area contributed by atoms with Crippen LogP contribution in [0.1, 0.15) is 178 Å². The van der Waals surface area contributed by atoms with Crippen molar-refractivity contribution < 1.29 is 9.53 Å². The van der Waals surface area contributed by atoms with Gasteiger partial charge < -0.3 is 4.74 Å². The summed E-state index contributed by atoms with van der Waals surface area (Å²) in [6.07, 6.45) is 25.9. The number of carbonyl (C=O) groups is 1. The maximum absolute atomic E-state index is 12.9. The van der Waals surface area contributed by atoms with Gasteiger partial charge in [-0.2, -0.15) is 0 Å². The summed E-state index contributed by atoms with van der Waals surface area (Å²) in [4.78, 5) is 12.9. The first-order valence-corrected chi connectivity index (χ1v) is 19.8. The van der Waals surface area contributed by atoms with E-state index in [0.29, 0.717) is 40.9 Å². The van der Waals surface area contributed by atoms with E-state index in [1.807, 2.05) is 0 Å². The van der Waals surface area contributed by atoms with Crippen LogP contribution in [0.25, 0.3) is 0 Å². The van der Waals surface area contributed by atoms with Gasteiger partial charge >= 0.3 is 5.97 Å². The van der Waals surface area contributed by atoms with Gasteiger partial charge in [-0.25, -0.2) is 0 Å². The Bertz CT molecular complexity index is 934. The van der Waals surface area contributed by atoms with Crippen LogP contribution in [0.4, 0.5) is 0 Å². The van der Waals surface area contributed by atoms with Crippen molar-refractivity contribution in [2.45, 2.75) is 184 Å². The van der Waals surface area contributed by atoms with E-state index in [2.05, 4.69) is 68.4 Å². The fourth-order valence-electron chi connectivity index (χ4n) is 11.8. The molecule has 4 fully saturated rings. The Morgan fingerprint density at radius 3 is 2.02 bits per heavy atom. The van der Waals surface area contributed by atoms with Gasteiger partial charge in [0.1, 0.15) is 6.10 Å². The summed E-state index contributed by atoms with van der Waals surface area (Å²) < 4.78 is 6.25. The summed E-state index contributed by atoms with van der Waals surface area (Å²) in [5, 5.41) is 0. The predicted octanol–water partition coefficient (Wildman–Crippen LogP) is 12.6. The Labute approximate surface area is 274 Å². The quantitative estimate of drug-likeness (QED) is 0.105. The lowest BCUT2D eigenvalue weighted by Crippen LogP contribution is -2.56. The number of esters is 1. The number of hydrogen-bond donors (Lipinski definition) is 0. The molecule has 11 atom stereocenters. The van der Waals surface area contributed by atoms with E-state index in [9.17, 15) is 4.79 Å². The second-order valence-corrected chi connectivity index (χ2v) is 17.6. The van der Waals surface area contributed by atoms with Gasteiger partial charge in [-0.3, -0.25) is 4.79 Å². The first kappa shape index (κ1) is 36.1. The van der Waals surface area contributed by atoms with Crippen LogP contribution >= 0.6 is 0 Å².